The number of aliphatic hydroxyl groups is 1. The number of anilines is 1. The first-order valence-electron chi connectivity index (χ1n) is 9.30. The summed E-state index contributed by atoms with van der Waals surface area (Å²) in [4.78, 5) is 21.6. The zero-order chi connectivity index (χ0) is 18.8. The van der Waals surface area contributed by atoms with Crippen molar-refractivity contribution in [1.29, 1.82) is 0 Å². The summed E-state index contributed by atoms with van der Waals surface area (Å²) < 4.78 is 1.74. The van der Waals surface area contributed by atoms with Gasteiger partial charge in [0.1, 0.15) is 5.82 Å². The van der Waals surface area contributed by atoms with Crippen LogP contribution >= 0.6 is 0 Å². The Bertz CT molecular complexity index is 960. The van der Waals surface area contributed by atoms with Gasteiger partial charge in [-0.3, -0.25) is 9.48 Å². The van der Waals surface area contributed by atoms with Crippen molar-refractivity contribution in [1.82, 2.24) is 19.7 Å². The Balaban J connectivity index is 1.51. The molecule has 3 aromatic rings. The normalized spacial score (nSPS) is 19.9. The Morgan fingerprint density at radius 3 is 2.78 bits per heavy atom. The summed E-state index contributed by atoms with van der Waals surface area (Å²) in [6.45, 7) is 0.214. The van der Waals surface area contributed by atoms with Crippen LogP contribution in [0.3, 0.4) is 0 Å². The maximum Gasteiger partial charge on any atom is 0.228 e. The molecule has 0 bridgehead atoms. The highest BCUT2D eigenvalue weighted by Gasteiger charge is 2.26. The molecular weight excluding hydrogens is 342 g/mol. The molecule has 1 aliphatic rings. The zero-order valence-corrected chi connectivity index (χ0v) is 15.3. The van der Waals surface area contributed by atoms with Crippen molar-refractivity contribution in [3.05, 3.63) is 36.8 Å². The van der Waals surface area contributed by atoms with Crippen LogP contribution in [0.4, 0.5) is 5.82 Å². The first-order valence-corrected chi connectivity index (χ1v) is 9.30. The van der Waals surface area contributed by atoms with Crippen molar-refractivity contribution in [2.24, 2.45) is 18.9 Å². The molecule has 0 aromatic carbocycles. The van der Waals surface area contributed by atoms with E-state index in [-0.39, 0.29) is 18.4 Å². The Kier molecular flexibility index (Phi) is 4.85. The van der Waals surface area contributed by atoms with E-state index in [9.17, 15) is 9.90 Å². The van der Waals surface area contributed by atoms with E-state index in [1.54, 1.807) is 17.1 Å². The molecule has 0 unspecified atom stereocenters. The van der Waals surface area contributed by atoms with Crippen LogP contribution in [0.2, 0.25) is 0 Å². The van der Waals surface area contributed by atoms with Crippen LogP contribution < -0.4 is 5.32 Å². The van der Waals surface area contributed by atoms with Gasteiger partial charge in [-0.2, -0.15) is 5.10 Å². The minimum Gasteiger partial charge on any atom is -0.396 e. The van der Waals surface area contributed by atoms with Gasteiger partial charge in [-0.15, -0.1) is 0 Å². The fourth-order valence-corrected chi connectivity index (χ4v) is 3.63. The van der Waals surface area contributed by atoms with Crippen LogP contribution in [0.5, 0.6) is 0 Å². The molecule has 4 rings (SSSR count). The molecule has 140 valence electrons. The van der Waals surface area contributed by atoms with Crippen LogP contribution in [0.15, 0.2) is 36.8 Å². The van der Waals surface area contributed by atoms with E-state index in [2.05, 4.69) is 20.4 Å². The summed E-state index contributed by atoms with van der Waals surface area (Å²) in [5, 5.41) is 17.3. The van der Waals surface area contributed by atoms with Crippen molar-refractivity contribution >= 4 is 22.6 Å². The summed E-state index contributed by atoms with van der Waals surface area (Å²) in [5.74, 6) is 0.845. The lowest BCUT2D eigenvalue weighted by molar-refractivity contribution is -0.121. The second-order valence-electron chi connectivity index (χ2n) is 7.25. The molecule has 0 aliphatic heterocycles. The van der Waals surface area contributed by atoms with Crippen LogP contribution in [0.25, 0.3) is 22.2 Å². The highest BCUT2D eigenvalue weighted by atomic mass is 16.3. The number of aliphatic hydroxyl groups excluding tert-OH is 1. The fraction of sp³-hybridized carbons (Fsp3) is 0.400. The van der Waals surface area contributed by atoms with Gasteiger partial charge >= 0.3 is 0 Å². The molecule has 1 fully saturated rings. The molecule has 2 N–H and O–H groups in total. The number of pyridine rings is 2. The number of aromatic nitrogens is 4. The van der Waals surface area contributed by atoms with Crippen molar-refractivity contribution < 1.29 is 9.90 Å². The third-order valence-electron chi connectivity index (χ3n) is 5.30. The van der Waals surface area contributed by atoms with Crippen molar-refractivity contribution in [3.8, 4) is 11.3 Å². The predicted molar refractivity (Wildman–Crippen MR) is 103 cm³/mol. The average Bonchev–Trinajstić information content (AvgIpc) is 3.14. The average molecular weight is 365 g/mol. The van der Waals surface area contributed by atoms with Gasteiger partial charge in [0.15, 0.2) is 0 Å². The highest BCUT2D eigenvalue weighted by molar-refractivity contribution is 5.93. The SMILES string of the molecule is Cn1cc(-c2ccc3cnc(NC(=O)C4CCC(CO)CC4)cc3n2)cn1. The van der Waals surface area contributed by atoms with E-state index < -0.39 is 0 Å². The smallest absolute Gasteiger partial charge is 0.228 e. The number of aryl methyl sites for hydroxylation is 1. The van der Waals surface area contributed by atoms with E-state index in [4.69, 9.17) is 0 Å². The minimum absolute atomic E-state index is 0.00153. The quantitative estimate of drug-likeness (QED) is 0.742. The van der Waals surface area contributed by atoms with Crippen molar-refractivity contribution in [2.45, 2.75) is 25.7 Å². The highest BCUT2D eigenvalue weighted by Crippen LogP contribution is 2.29. The second kappa shape index (κ2) is 7.44. The van der Waals surface area contributed by atoms with Crippen molar-refractivity contribution in [2.75, 3.05) is 11.9 Å². The Labute approximate surface area is 157 Å². The lowest BCUT2D eigenvalue weighted by Crippen LogP contribution is -2.28. The molecule has 7 nitrogen and oxygen atoms in total. The van der Waals surface area contributed by atoms with Crippen LogP contribution in [0.1, 0.15) is 25.7 Å². The van der Waals surface area contributed by atoms with Crippen LogP contribution in [0, 0.1) is 11.8 Å². The van der Waals surface area contributed by atoms with Gasteiger partial charge in [0.25, 0.3) is 0 Å². The lowest BCUT2D eigenvalue weighted by atomic mass is 9.82. The molecular formula is C20H23N5O2. The van der Waals surface area contributed by atoms with Gasteiger partial charge < -0.3 is 10.4 Å². The number of carbonyl (C=O) groups excluding carboxylic acids is 1. The third kappa shape index (κ3) is 3.83. The van der Waals surface area contributed by atoms with E-state index in [1.807, 2.05) is 31.4 Å². The summed E-state index contributed by atoms with van der Waals surface area (Å²) in [7, 11) is 1.87. The zero-order valence-electron chi connectivity index (χ0n) is 15.3. The standard InChI is InChI=1S/C20H23N5O2/c1-25-11-16(10-22-25)17-7-6-15-9-21-19(8-18(15)23-17)24-20(27)14-4-2-13(12-26)3-5-14/h6-11,13-14,26H,2-5,12H2,1H3,(H,21,24,27). The fourth-order valence-electron chi connectivity index (χ4n) is 3.63. The molecule has 0 radical (unpaired) electrons. The van der Waals surface area contributed by atoms with E-state index in [1.165, 1.54) is 0 Å². The Morgan fingerprint density at radius 2 is 2.07 bits per heavy atom. The molecule has 3 heterocycles. The molecule has 1 saturated carbocycles. The minimum atomic E-state index is -0.0139. The summed E-state index contributed by atoms with van der Waals surface area (Å²) in [6.07, 6.45) is 8.85. The third-order valence-corrected chi connectivity index (χ3v) is 5.30. The monoisotopic (exact) mass is 365 g/mol. The molecule has 7 heteroatoms. The number of amides is 1. The summed E-state index contributed by atoms with van der Waals surface area (Å²) >= 11 is 0. The maximum absolute atomic E-state index is 12.5. The number of nitrogens with zero attached hydrogens (tertiary/aromatic N) is 4. The number of fused-ring (bicyclic) bond motifs is 1. The van der Waals surface area contributed by atoms with Gasteiger partial charge in [-0.25, -0.2) is 9.97 Å². The van der Waals surface area contributed by atoms with Crippen LogP contribution in [-0.4, -0.2) is 37.4 Å². The molecule has 0 spiro atoms. The predicted octanol–water partition coefficient (Wildman–Crippen LogP) is 2.77. The molecule has 27 heavy (non-hydrogen) atoms. The maximum atomic E-state index is 12.5. The van der Waals surface area contributed by atoms with Gasteiger partial charge in [0.05, 0.1) is 17.4 Å². The number of nitrogens with one attached hydrogen (secondary N) is 1. The van der Waals surface area contributed by atoms with Gasteiger partial charge in [0.2, 0.25) is 5.91 Å². The van der Waals surface area contributed by atoms with Crippen LogP contribution in [-0.2, 0) is 11.8 Å². The topological polar surface area (TPSA) is 92.9 Å². The second-order valence-corrected chi connectivity index (χ2v) is 7.25. The Hall–Kier alpha value is -2.80. The summed E-state index contributed by atoms with van der Waals surface area (Å²) in [5.41, 5.74) is 2.56. The number of rotatable bonds is 4. The lowest BCUT2D eigenvalue weighted by Gasteiger charge is -2.26. The van der Waals surface area contributed by atoms with Crippen molar-refractivity contribution in [3.63, 3.8) is 0 Å². The number of hydrogen-bond donors (Lipinski definition) is 2. The molecule has 1 amide bonds. The summed E-state index contributed by atoms with van der Waals surface area (Å²) in [6, 6.07) is 5.73. The molecule has 0 atom stereocenters. The van der Waals surface area contributed by atoms with Gasteiger partial charge in [-0.05, 0) is 43.7 Å². The van der Waals surface area contributed by atoms with E-state index in [0.717, 1.165) is 47.8 Å². The molecule has 0 saturated heterocycles. The molecule has 3 aromatic heterocycles. The number of carbonyl (C=O) groups is 1. The van der Waals surface area contributed by atoms with Gasteiger partial charge in [-0.1, -0.05) is 0 Å². The number of hydrogen-bond acceptors (Lipinski definition) is 5. The Morgan fingerprint density at radius 1 is 1.26 bits per heavy atom. The first kappa shape index (κ1) is 17.6. The molecule has 1 aliphatic carbocycles. The van der Waals surface area contributed by atoms with E-state index in [0.29, 0.717) is 11.7 Å². The largest absolute Gasteiger partial charge is 0.396 e. The van der Waals surface area contributed by atoms with E-state index >= 15 is 0 Å². The van der Waals surface area contributed by atoms with Gasteiger partial charge in [0, 0.05) is 49.0 Å². The first-order chi connectivity index (χ1) is 13.1.